The van der Waals surface area contributed by atoms with Crippen LogP contribution in [0.25, 0.3) is 0 Å². The van der Waals surface area contributed by atoms with E-state index < -0.39 is 11.5 Å². The standard InChI is InChI=1S/C13H25N3O3/c1-4-16(10-5-7-14-8-6-10)12(19)15-13(2,3)9-11(17)18/h10,14H,4-9H2,1-3H3,(H,15,19)(H,17,18). The molecule has 1 aliphatic heterocycles. The molecule has 1 rings (SSSR count). The summed E-state index contributed by atoms with van der Waals surface area (Å²) >= 11 is 0. The zero-order valence-electron chi connectivity index (χ0n) is 12.0. The molecule has 1 heterocycles. The summed E-state index contributed by atoms with van der Waals surface area (Å²) in [4.78, 5) is 24.8. The van der Waals surface area contributed by atoms with Gasteiger partial charge in [-0.1, -0.05) is 0 Å². The summed E-state index contributed by atoms with van der Waals surface area (Å²) in [7, 11) is 0. The number of amides is 2. The van der Waals surface area contributed by atoms with Crippen molar-refractivity contribution in [1.29, 1.82) is 0 Å². The third kappa shape index (κ3) is 5.06. The number of carbonyl (C=O) groups excluding carboxylic acids is 1. The lowest BCUT2D eigenvalue weighted by molar-refractivity contribution is -0.138. The van der Waals surface area contributed by atoms with Crippen molar-refractivity contribution in [3.8, 4) is 0 Å². The molecule has 110 valence electrons. The van der Waals surface area contributed by atoms with E-state index >= 15 is 0 Å². The van der Waals surface area contributed by atoms with Crippen molar-refractivity contribution < 1.29 is 14.7 Å². The lowest BCUT2D eigenvalue weighted by Crippen LogP contribution is -2.55. The predicted octanol–water partition coefficient (Wildman–Crippen LogP) is 1.02. The number of carboxylic acids is 1. The Kier molecular flexibility index (Phi) is 5.60. The highest BCUT2D eigenvalue weighted by molar-refractivity contribution is 5.77. The molecule has 1 saturated heterocycles. The molecule has 0 aromatic rings. The predicted molar refractivity (Wildman–Crippen MR) is 73.1 cm³/mol. The van der Waals surface area contributed by atoms with E-state index in [-0.39, 0.29) is 18.5 Å². The second kappa shape index (κ2) is 6.75. The number of nitrogens with one attached hydrogen (secondary N) is 2. The fraction of sp³-hybridized carbons (Fsp3) is 0.846. The number of carbonyl (C=O) groups is 2. The van der Waals surface area contributed by atoms with Crippen LogP contribution in [-0.2, 0) is 4.79 Å². The average molecular weight is 271 g/mol. The van der Waals surface area contributed by atoms with E-state index in [2.05, 4.69) is 10.6 Å². The smallest absolute Gasteiger partial charge is 0.318 e. The van der Waals surface area contributed by atoms with Crippen molar-refractivity contribution in [1.82, 2.24) is 15.5 Å². The van der Waals surface area contributed by atoms with Gasteiger partial charge in [0.2, 0.25) is 0 Å². The molecular formula is C13H25N3O3. The van der Waals surface area contributed by atoms with Crippen molar-refractivity contribution in [3.63, 3.8) is 0 Å². The first-order valence-electron chi connectivity index (χ1n) is 6.87. The maximum Gasteiger partial charge on any atom is 0.318 e. The molecule has 0 saturated carbocycles. The Hall–Kier alpha value is -1.30. The molecule has 0 bridgehead atoms. The Balaban J connectivity index is 2.60. The number of hydrogen-bond donors (Lipinski definition) is 3. The van der Waals surface area contributed by atoms with Gasteiger partial charge in [-0.2, -0.15) is 0 Å². The van der Waals surface area contributed by atoms with Crippen molar-refractivity contribution in [3.05, 3.63) is 0 Å². The topological polar surface area (TPSA) is 81.7 Å². The van der Waals surface area contributed by atoms with Crippen molar-refractivity contribution in [2.75, 3.05) is 19.6 Å². The van der Waals surface area contributed by atoms with E-state index in [1.165, 1.54) is 0 Å². The van der Waals surface area contributed by atoms with Gasteiger partial charge in [0.25, 0.3) is 0 Å². The highest BCUT2D eigenvalue weighted by Gasteiger charge is 2.29. The quantitative estimate of drug-likeness (QED) is 0.697. The van der Waals surface area contributed by atoms with Crippen LogP contribution in [0.1, 0.15) is 40.0 Å². The Bertz CT molecular complexity index is 325. The minimum atomic E-state index is -0.907. The molecule has 0 aromatic heterocycles. The van der Waals surface area contributed by atoms with Gasteiger partial charge >= 0.3 is 12.0 Å². The normalized spacial score (nSPS) is 17.0. The first kappa shape index (κ1) is 15.8. The number of rotatable bonds is 5. The van der Waals surface area contributed by atoms with Crippen molar-refractivity contribution >= 4 is 12.0 Å². The maximum absolute atomic E-state index is 12.3. The molecule has 0 aliphatic carbocycles. The van der Waals surface area contributed by atoms with Crippen molar-refractivity contribution in [2.45, 2.75) is 51.6 Å². The highest BCUT2D eigenvalue weighted by atomic mass is 16.4. The summed E-state index contributed by atoms with van der Waals surface area (Å²) in [5, 5.41) is 14.9. The van der Waals surface area contributed by atoms with E-state index in [0.29, 0.717) is 6.54 Å². The Labute approximate surface area is 114 Å². The largest absolute Gasteiger partial charge is 0.481 e. The van der Waals surface area contributed by atoms with Crippen LogP contribution in [0.5, 0.6) is 0 Å². The second-order valence-electron chi connectivity index (χ2n) is 5.65. The molecule has 3 N–H and O–H groups in total. The molecule has 6 nitrogen and oxygen atoms in total. The highest BCUT2D eigenvalue weighted by Crippen LogP contribution is 2.14. The van der Waals surface area contributed by atoms with Crippen LogP contribution in [0, 0.1) is 0 Å². The Morgan fingerprint density at radius 3 is 2.42 bits per heavy atom. The summed E-state index contributed by atoms with van der Waals surface area (Å²) in [5.41, 5.74) is -0.733. The minimum Gasteiger partial charge on any atom is -0.481 e. The fourth-order valence-corrected chi connectivity index (χ4v) is 2.47. The van der Waals surface area contributed by atoms with Gasteiger partial charge in [-0.3, -0.25) is 4.79 Å². The molecule has 0 radical (unpaired) electrons. The molecule has 0 atom stereocenters. The lowest BCUT2D eigenvalue weighted by Gasteiger charge is -2.36. The SMILES string of the molecule is CCN(C(=O)NC(C)(C)CC(=O)O)C1CCNCC1. The van der Waals surface area contributed by atoms with Crippen LogP contribution in [0.15, 0.2) is 0 Å². The Morgan fingerprint density at radius 1 is 1.37 bits per heavy atom. The molecule has 1 aliphatic rings. The van der Waals surface area contributed by atoms with Gasteiger partial charge in [0.15, 0.2) is 0 Å². The van der Waals surface area contributed by atoms with Crippen LogP contribution in [0.4, 0.5) is 4.79 Å². The molecule has 1 fully saturated rings. The first-order chi connectivity index (χ1) is 8.85. The van der Waals surface area contributed by atoms with Gasteiger partial charge in [0.1, 0.15) is 0 Å². The molecular weight excluding hydrogens is 246 g/mol. The number of piperidine rings is 1. The number of hydrogen-bond acceptors (Lipinski definition) is 3. The monoisotopic (exact) mass is 271 g/mol. The van der Waals surface area contributed by atoms with Crippen LogP contribution >= 0.6 is 0 Å². The number of aliphatic carboxylic acids is 1. The average Bonchev–Trinajstić information content (AvgIpc) is 2.28. The van der Waals surface area contributed by atoms with Crippen molar-refractivity contribution in [2.24, 2.45) is 0 Å². The molecule has 0 unspecified atom stereocenters. The second-order valence-corrected chi connectivity index (χ2v) is 5.65. The molecule has 2 amide bonds. The summed E-state index contributed by atoms with van der Waals surface area (Å²) in [5.74, 6) is -0.907. The van der Waals surface area contributed by atoms with Crippen LogP contribution in [0.3, 0.4) is 0 Å². The molecule has 6 heteroatoms. The third-order valence-corrected chi connectivity index (χ3v) is 3.39. The van der Waals surface area contributed by atoms with E-state index in [1.54, 1.807) is 13.8 Å². The Morgan fingerprint density at radius 2 is 1.95 bits per heavy atom. The zero-order chi connectivity index (χ0) is 14.5. The van der Waals surface area contributed by atoms with Gasteiger partial charge in [-0.25, -0.2) is 4.79 Å². The molecule has 0 spiro atoms. The number of urea groups is 1. The maximum atomic E-state index is 12.3. The third-order valence-electron chi connectivity index (χ3n) is 3.39. The number of carboxylic acid groups (broad SMARTS) is 1. The lowest BCUT2D eigenvalue weighted by atomic mass is 10.0. The van der Waals surface area contributed by atoms with E-state index in [0.717, 1.165) is 25.9 Å². The fourth-order valence-electron chi connectivity index (χ4n) is 2.47. The molecule has 0 aromatic carbocycles. The minimum absolute atomic E-state index is 0.0808. The van der Waals surface area contributed by atoms with Gasteiger partial charge in [0.05, 0.1) is 6.42 Å². The van der Waals surface area contributed by atoms with Gasteiger partial charge in [-0.05, 0) is 46.7 Å². The van der Waals surface area contributed by atoms with Crippen LogP contribution in [-0.4, -0.2) is 53.2 Å². The summed E-state index contributed by atoms with van der Waals surface area (Å²) in [6.45, 7) is 7.90. The zero-order valence-corrected chi connectivity index (χ0v) is 12.0. The van der Waals surface area contributed by atoms with E-state index in [1.807, 2.05) is 11.8 Å². The number of nitrogens with zero attached hydrogens (tertiary/aromatic N) is 1. The van der Waals surface area contributed by atoms with Gasteiger partial charge < -0.3 is 20.6 Å². The van der Waals surface area contributed by atoms with Crippen LogP contribution in [0.2, 0.25) is 0 Å². The van der Waals surface area contributed by atoms with Crippen LogP contribution < -0.4 is 10.6 Å². The summed E-state index contributed by atoms with van der Waals surface area (Å²) < 4.78 is 0. The first-order valence-corrected chi connectivity index (χ1v) is 6.87. The van der Waals surface area contributed by atoms with E-state index in [9.17, 15) is 9.59 Å². The summed E-state index contributed by atoms with van der Waals surface area (Å²) in [6.07, 6.45) is 1.81. The van der Waals surface area contributed by atoms with Gasteiger partial charge in [0, 0.05) is 18.1 Å². The summed E-state index contributed by atoms with van der Waals surface area (Å²) in [6, 6.07) is 0.0764. The van der Waals surface area contributed by atoms with E-state index in [4.69, 9.17) is 5.11 Å². The molecule has 19 heavy (non-hydrogen) atoms. The van der Waals surface area contributed by atoms with Gasteiger partial charge in [-0.15, -0.1) is 0 Å².